The van der Waals surface area contributed by atoms with Crippen molar-refractivity contribution >= 4 is 28.5 Å². The second kappa shape index (κ2) is 4.06. The van der Waals surface area contributed by atoms with E-state index in [1.165, 1.54) is 7.11 Å². The summed E-state index contributed by atoms with van der Waals surface area (Å²) in [6, 6.07) is 4.99. The van der Waals surface area contributed by atoms with Crippen molar-refractivity contribution in [2.45, 2.75) is 6.92 Å². The van der Waals surface area contributed by atoms with Crippen LogP contribution in [0.1, 0.15) is 16.2 Å². The Balaban J connectivity index is 2.66. The van der Waals surface area contributed by atoms with Crippen LogP contribution in [0.5, 0.6) is 0 Å². The normalized spacial score (nSPS) is 10.4. The highest BCUT2D eigenvalue weighted by Crippen LogP contribution is 2.21. The molecule has 16 heavy (non-hydrogen) atoms. The predicted molar refractivity (Wildman–Crippen MR) is 60.6 cm³/mol. The van der Waals surface area contributed by atoms with Gasteiger partial charge in [-0.15, -0.1) is 0 Å². The van der Waals surface area contributed by atoms with Gasteiger partial charge in [-0.3, -0.25) is 0 Å². The minimum absolute atomic E-state index is 0.388. The highest BCUT2D eigenvalue weighted by atomic mass is 35.5. The summed E-state index contributed by atoms with van der Waals surface area (Å²) in [4.78, 5) is 19.6. The second-order valence-corrected chi connectivity index (χ2v) is 3.64. The fourth-order valence-electron chi connectivity index (χ4n) is 1.45. The lowest BCUT2D eigenvalue weighted by molar-refractivity contribution is 0.0601. The Hall–Kier alpha value is -1.68. The number of ether oxygens (including phenoxy) is 1. The molecule has 0 atom stereocenters. The molecule has 0 amide bonds. The van der Waals surface area contributed by atoms with Gasteiger partial charge in [0.05, 0.1) is 18.2 Å². The third-order valence-corrected chi connectivity index (χ3v) is 2.47. The molecule has 0 fully saturated rings. The summed E-state index contributed by atoms with van der Waals surface area (Å²) in [5.41, 5.74) is 1.09. The van der Waals surface area contributed by atoms with Gasteiger partial charge in [0.15, 0.2) is 0 Å². The van der Waals surface area contributed by atoms with Gasteiger partial charge in [-0.2, -0.15) is 0 Å². The van der Waals surface area contributed by atoms with E-state index in [0.29, 0.717) is 22.1 Å². The molecule has 0 unspecified atom stereocenters. The largest absolute Gasteiger partial charge is 0.465 e. The monoisotopic (exact) mass is 236 g/mol. The molecule has 0 aliphatic carbocycles. The first-order valence-electron chi connectivity index (χ1n) is 4.64. The number of carbonyl (C=O) groups is 1. The van der Waals surface area contributed by atoms with Crippen molar-refractivity contribution in [3.8, 4) is 0 Å². The van der Waals surface area contributed by atoms with Crippen LogP contribution < -0.4 is 0 Å². The summed E-state index contributed by atoms with van der Waals surface area (Å²) >= 11 is 5.96. The maximum absolute atomic E-state index is 11.3. The van der Waals surface area contributed by atoms with E-state index in [-0.39, 0.29) is 0 Å². The number of rotatable bonds is 1. The predicted octanol–water partition coefficient (Wildman–Crippen LogP) is 2.38. The van der Waals surface area contributed by atoms with Crippen LogP contribution in [0.25, 0.3) is 10.9 Å². The van der Waals surface area contributed by atoms with Gasteiger partial charge < -0.3 is 4.74 Å². The highest BCUT2D eigenvalue weighted by Gasteiger charge is 2.09. The third-order valence-electron chi connectivity index (χ3n) is 2.18. The van der Waals surface area contributed by atoms with Crippen LogP contribution >= 0.6 is 11.6 Å². The standard InChI is InChI=1S/C11H9ClN2O2/c1-6-13-9-5-7(11(15)16-2)3-4-8(9)10(12)14-6/h3-5H,1-2H3. The van der Waals surface area contributed by atoms with Gasteiger partial charge in [-0.25, -0.2) is 14.8 Å². The summed E-state index contributed by atoms with van der Waals surface area (Å²) in [7, 11) is 1.34. The molecule has 0 saturated heterocycles. The van der Waals surface area contributed by atoms with Crippen LogP contribution in [0.4, 0.5) is 0 Å². The van der Waals surface area contributed by atoms with E-state index in [1.807, 2.05) is 0 Å². The van der Waals surface area contributed by atoms with E-state index in [0.717, 1.165) is 5.39 Å². The number of nitrogens with zero attached hydrogens (tertiary/aromatic N) is 2. The molecule has 0 aliphatic rings. The SMILES string of the molecule is COC(=O)c1ccc2c(Cl)nc(C)nc2c1. The smallest absolute Gasteiger partial charge is 0.337 e. The number of aryl methyl sites for hydroxylation is 1. The molecule has 2 rings (SSSR count). The second-order valence-electron chi connectivity index (χ2n) is 3.29. The molecule has 0 spiro atoms. The molecular formula is C11H9ClN2O2. The Bertz CT molecular complexity index is 569. The van der Waals surface area contributed by atoms with E-state index >= 15 is 0 Å². The molecule has 4 nitrogen and oxygen atoms in total. The number of aromatic nitrogens is 2. The highest BCUT2D eigenvalue weighted by molar-refractivity contribution is 6.34. The number of fused-ring (bicyclic) bond motifs is 1. The maximum atomic E-state index is 11.3. The number of carbonyl (C=O) groups excluding carboxylic acids is 1. The fourth-order valence-corrected chi connectivity index (χ4v) is 1.73. The van der Waals surface area contributed by atoms with Crippen molar-refractivity contribution < 1.29 is 9.53 Å². The fraction of sp³-hybridized carbons (Fsp3) is 0.182. The Labute approximate surface area is 97.2 Å². The summed E-state index contributed by atoms with van der Waals surface area (Å²) in [6.45, 7) is 1.75. The van der Waals surface area contributed by atoms with E-state index in [4.69, 9.17) is 11.6 Å². The molecule has 0 N–H and O–H groups in total. The molecule has 1 heterocycles. The number of hydrogen-bond donors (Lipinski definition) is 0. The van der Waals surface area contributed by atoms with Gasteiger partial charge in [0.2, 0.25) is 0 Å². The van der Waals surface area contributed by atoms with Gasteiger partial charge in [-0.05, 0) is 25.1 Å². The summed E-state index contributed by atoms with van der Waals surface area (Å²) in [5.74, 6) is 0.175. The molecule has 2 aromatic rings. The number of hydrogen-bond acceptors (Lipinski definition) is 4. The van der Waals surface area contributed by atoms with Crippen molar-refractivity contribution in [2.24, 2.45) is 0 Å². The van der Waals surface area contributed by atoms with Crippen LogP contribution in [-0.2, 0) is 4.74 Å². The first-order chi connectivity index (χ1) is 7.61. The topological polar surface area (TPSA) is 52.1 Å². The van der Waals surface area contributed by atoms with Crippen LogP contribution in [0.15, 0.2) is 18.2 Å². The van der Waals surface area contributed by atoms with E-state index in [1.54, 1.807) is 25.1 Å². The van der Waals surface area contributed by atoms with Gasteiger partial charge in [0, 0.05) is 5.39 Å². The zero-order chi connectivity index (χ0) is 11.7. The average Bonchev–Trinajstić information content (AvgIpc) is 2.27. The first-order valence-corrected chi connectivity index (χ1v) is 5.02. The van der Waals surface area contributed by atoms with Crippen LogP contribution in [0, 0.1) is 6.92 Å². The molecule has 1 aromatic carbocycles. The quantitative estimate of drug-likeness (QED) is 0.564. The minimum Gasteiger partial charge on any atom is -0.465 e. The molecular weight excluding hydrogens is 228 g/mol. The van der Waals surface area contributed by atoms with E-state index in [9.17, 15) is 4.79 Å². The number of halogens is 1. The van der Waals surface area contributed by atoms with Crippen molar-refractivity contribution in [1.29, 1.82) is 0 Å². The van der Waals surface area contributed by atoms with Gasteiger partial charge in [0.1, 0.15) is 11.0 Å². The Morgan fingerprint density at radius 1 is 1.38 bits per heavy atom. The third kappa shape index (κ3) is 1.84. The number of methoxy groups -OCH3 is 1. The first kappa shape index (κ1) is 10.8. The van der Waals surface area contributed by atoms with E-state index in [2.05, 4.69) is 14.7 Å². The average molecular weight is 237 g/mol. The van der Waals surface area contributed by atoms with E-state index < -0.39 is 5.97 Å². The lowest BCUT2D eigenvalue weighted by Crippen LogP contribution is -2.01. The lowest BCUT2D eigenvalue weighted by atomic mass is 10.1. The lowest BCUT2D eigenvalue weighted by Gasteiger charge is -2.03. The summed E-state index contributed by atoms with van der Waals surface area (Å²) < 4.78 is 4.63. The van der Waals surface area contributed by atoms with Crippen molar-refractivity contribution in [3.63, 3.8) is 0 Å². The zero-order valence-corrected chi connectivity index (χ0v) is 9.58. The molecule has 0 saturated carbocycles. The molecule has 0 bridgehead atoms. The Morgan fingerprint density at radius 3 is 2.81 bits per heavy atom. The van der Waals surface area contributed by atoms with Crippen molar-refractivity contribution in [3.05, 3.63) is 34.7 Å². The Kier molecular flexibility index (Phi) is 2.75. The Morgan fingerprint density at radius 2 is 2.12 bits per heavy atom. The number of esters is 1. The molecule has 82 valence electrons. The van der Waals surface area contributed by atoms with Crippen molar-refractivity contribution in [1.82, 2.24) is 9.97 Å². The molecule has 0 radical (unpaired) electrons. The van der Waals surface area contributed by atoms with Crippen molar-refractivity contribution in [2.75, 3.05) is 7.11 Å². The zero-order valence-electron chi connectivity index (χ0n) is 8.82. The minimum atomic E-state index is -0.394. The molecule has 0 aliphatic heterocycles. The maximum Gasteiger partial charge on any atom is 0.337 e. The molecule has 5 heteroatoms. The summed E-state index contributed by atoms with van der Waals surface area (Å²) in [5, 5.41) is 1.11. The number of benzene rings is 1. The summed E-state index contributed by atoms with van der Waals surface area (Å²) in [6.07, 6.45) is 0. The van der Waals surface area contributed by atoms with Gasteiger partial charge in [0.25, 0.3) is 0 Å². The molecule has 1 aromatic heterocycles. The van der Waals surface area contributed by atoms with Crippen LogP contribution in [-0.4, -0.2) is 23.0 Å². The van der Waals surface area contributed by atoms with Crippen LogP contribution in [0.2, 0.25) is 5.15 Å². The van der Waals surface area contributed by atoms with Gasteiger partial charge in [-0.1, -0.05) is 11.6 Å². The van der Waals surface area contributed by atoms with Gasteiger partial charge >= 0.3 is 5.97 Å². The van der Waals surface area contributed by atoms with Crippen LogP contribution in [0.3, 0.4) is 0 Å².